The molecule has 166 valence electrons. The van der Waals surface area contributed by atoms with E-state index in [0.717, 1.165) is 16.8 Å². The predicted octanol–water partition coefficient (Wildman–Crippen LogP) is 7.17. The van der Waals surface area contributed by atoms with E-state index in [1.54, 1.807) is 0 Å². The molecule has 0 aliphatic heterocycles. The van der Waals surface area contributed by atoms with Gasteiger partial charge in [-0.2, -0.15) is 0 Å². The molecule has 0 aliphatic rings. The van der Waals surface area contributed by atoms with Crippen LogP contribution in [0.2, 0.25) is 0 Å². The first kappa shape index (κ1) is 21.7. The lowest BCUT2D eigenvalue weighted by molar-refractivity contribution is 0.927. The first-order chi connectivity index (χ1) is 16.5. The van der Waals surface area contributed by atoms with Gasteiger partial charge >= 0.3 is 0 Å². The summed E-state index contributed by atoms with van der Waals surface area (Å²) in [5.74, 6) is 2.08. The Balaban J connectivity index is 1.45. The van der Waals surface area contributed by atoms with Crippen LogP contribution in [0.3, 0.4) is 0 Å². The molecule has 0 N–H and O–H groups in total. The Bertz CT molecular complexity index is 1430. The van der Waals surface area contributed by atoms with Crippen molar-refractivity contribution in [2.24, 2.45) is 0 Å². The van der Waals surface area contributed by atoms with Crippen molar-refractivity contribution in [1.82, 2.24) is 19.9 Å². The average Bonchev–Trinajstić information content (AvgIpc) is 2.83. The molecular formula is C30H26N4. The molecule has 0 saturated carbocycles. The number of pyridine rings is 1. The second kappa shape index (κ2) is 8.99. The van der Waals surface area contributed by atoms with Crippen LogP contribution >= 0.6 is 0 Å². The van der Waals surface area contributed by atoms with Crippen LogP contribution in [0.25, 0.3) is 44.9 Å². The average molecular weight is 443 g/mol. The number of hydrogen-bond donors (Lipinski definition) is 0. The summed E-state index contributed by atoms with van der Waals surface area (Å²) in [6.45, 7) is 8.05. The molecule has 3 aromatic carbocycles. The van der Waals surface area contributed by atoms with Crippen LogP contribution in [-0.4, -0.2) is 19.9 Å². The molecule has 0 aliphatic carbocycles. The second-order valence-electron chi connectivity index (χ2n) is 8.68. The first-order valence-electron chi connectivity index (χ1n) is 11.4. The fourth-order valence-corrected chi connectivity index (χ4v) is 4.38. The van der Waals surface area contributed by atoms with E-state index >= 15 is 0 Å². The molecule has 34 heavy (non-hydrogen) atoms. The van der Waals surface area contributed by atoms with Gasteiger partial charge < -0.3 is 0 Å². The van der Waals surface area contributed by atoms with Crippen LogP contribution in [-0.2, 0) is 0 Å². The van der Waals surface area contributed by atoms with Crippen molar-refractivity contribution in [1.29, 1.82) is 0 Å². The summed E-state index contributed by atoms with van der Waals surface area (Å²) in [6, 6.07) is 27.9. The zero-order chi connectivity index (χ0) is 23.7. The number of aryl methyl sites for hydroxylation is 4. The van der Waals surface area contributed by atoms with Crippen molar-refractivity contribution in [3.63, 3.8) is 0 Å². The molecule has 0 radical (unpaired) electrons. The summed E-state index contributed by atoms with van der Waals surface area (Å²) >= 11 is 0. The SMILES string of the molecule is Cc1cc(C)cc(-c2ccccc2-c2ccc(-c3ccc(-c4nc(C)nc(C)n4)cn3)cc2)c1. The van der Waals surface area contributed by atoms with Crippen LogP contribution in [0.5, 0.6) is 0 Å². The maximum absolute atomic E-state index is 4.67. The lowest BCUT2D eigenvalue weighted by Crippen LogP contribution is -1.99. The number of benzene rings is 3. The topological polar surface area (TPSA) is 51.6 Å². The van der Waals surface area contributed by atoms with Crippen LogP contribution in [0.4, 0.5) is 0 Å². The van der Waals surface area contributed by atoms with E-state index in [-0.39, 0.29) is 0 Å². The van der Waals surface area contributed by atoms with Gasteiger partial charge in [0.15, 0.2) is 5.82 Å². The fourth-order valence-electron chi connectivity index (χ4n) is 4.38. The van der Waals surface area contributed by atoms with E-state index in [2.05, 4.69) is 101 Å². The van der Waals surface area contributed by atoms with Gasteiger partial charge in [0.25, 0.3) is 0 Å². The summed E-state index contributed by atoms with van der Waals surface area (Å²) < 4.78 is 0. The highest BCUT2D eigenvalue weighted by molar-refractivity contribution is 5.84. The van der Waals surface area contributed by atoms with E-state index in [0.29, 0.717) is 17.5 Å². The molecule has 0 bridgehead atoms. The maximum Gasteiger partial charge on any atom is 0.164 e. The third kappa shape index (κ3) is 4.48. The zero-order valence-corrected chi connectivity index (χ0v) is 19.9. The van der Waals surface area contributed by atoms with Gasteiger partial charge in [-0.15, -0.1) is 0 Å². The quantitative estimate of drug-likeness (QED) is 0.296. The molecular weight excluding hydrogens is 416 g/mol. The number of hydrogen-bond acceptors (Lipinski definition) is 4. The van der Waals surface area contributed by atoms with Gasteiger partial charge in [0.05, 0.1) is 5.69 Å². The fraction of sp³-hybridized carbons (Fsp3) is 0.133. The van der Waals surface area contributed by atoms with Crippen molar-refractivity contribution in [2.75, 3.05) is 0 Å². The first-order valence-corrected chi connectivity index (χ1v) is 11.4. The molecule has 5 aromatic rings. The molecule has 5 rings (SSSR count). The van der Waals surface area contributed by atoms with Crippen molar-refractivity contribution in [3.05, 3.63) is 108 Å². The smallest absolute Gasteiger partial charge is 0.164 e. The maximum atomic E-state index is 4.67. The van der Waals surface area contributed by atoms with Gasteiger partial charge in [0.2, 0.25) is 0 Å². The van der Waals surface area contributed by atoms with Crippen molar-refractivity contribution < 1.29 is 0 Å². The van der Waals surface area contributed by atoms with Crippen LogP contribution in [0, 0.1) is 27.7 Å². The molecule has 0 fully saturated rings. The summed E-state index contributed by atoms with van der Waals surface area (Å²) in [7, 11) is 0. The van der Waals surface area contributed by atoms with Crippen LogP contribution in [0.1, 0.15) is 22.8 Å². The minimum Gasteiger partial charge on any atom is -0.255 e. The molecule has 0 spiro atoms. The molecule has 0 atom stereocenters. The third-order valence-corrected chi connectivity index (χ3v) is 5.83. The predicted molar refractivity (Wildman–Crippen MR) is 138 cm³/mol. The summed E-state index contributed by atoms with van der Waals surface area (Å²) in [5, 5.41) is 0. The highest BCUT2D eigenvalue weighted by atomic mass is 15.0. The van der Waals surface area contributed by atoms with E-state index < -0.39 is 0 Å². The lowest BCUT2D eigenvalue weighted by atomic mass is 9.92. The largest absolute Gasteiger partial charge is 0.255 e. The Kier molecular flexibility index (Phi) is 5.72. The van der Waals surface area contributed by atoms with Crippen molar-refractivity contribution in [3.8, 4) is 44.9 Å². The Morgan fingerprint density at radius 2 is 1.06 bits per heavy atom. The van der Waals surface area contributed by atoms with Gasteiger partial charge in [-0.25, -0.2) is 15.0 Å². The Morgan fingerprint density at radius 3 is 1.65 bits per heavy atom. The highest BCUT2D eigenvalue weighted by Crippen LogP contribution is 2.34. The summed E-state index contributed by atoms with van der Waals surface area (Å²) in [5.41, 5.74) is 10.3. The summed E-state index contributed by atoms with van der Waals surface area (Å²) in [4.78, 5) is 17.8. The Labute approximate surface area is 200 Å². The van der Waals surface area contributed by atoms with Gasteiger partial charge in [0.1, 0.15) is 11.6 Å². The van der Waals surface area contributed by atoms with Crippen LogP contribution in [0.15, 0.2) is 85.1 Å². The third-order valence-electron chi connectivity index (χ3n) is 5.83. The van der Waals surface area contributed by atoms with Gasteiger partial charge in [-0.3, -0.25) is 4.98 Å². The van der Waals surface area contributed by atoms with Crippen molar-refractivity contribution >= 4 is 0 Å². The molecule has 0 saturated heterocycles. The lowest BCUT2D eigenvalue weighted by Gasteiger charge is -2.12. The van der Waals surface area contributed by atoms with Gasteiger partial charge in [-0.05, 0) is 62.1 Å². The number of aromatic nitrogens is 4. The molecule has 4 heteroatoms. The van der Waals surface area contributed by atoms with Crippen LogP contribution < -0.4 is 0 Å². The van der Waals surface area contributed by atoms with Gasteiger partial charge in [0, 0.05) is 17.3 Å². The molecule has 0 amide bonds. The zero-order valence-electron chi connectivity index (χ0n) is 19.9. The van der Waals surface area contributed by atoms with E-state index in [1.807, 2.05) is 32.2 Å². The second-order valence-corrected chi connectivity index (χ2v) is 8.68. The Morgan fingerprint density at radius 1 is 0.500 bits per heavy atom. The van der Waals surface area contributed by atoms with E-state index in [1.165, 1.54) is 33.4 Å². The number of nitrogens with zero attached hydrogens (tertiary/aromatic N) is 4. The van der Waals surface area contributed by atoms with E-state index in [9.17, 15) is 0 Å². The molecule has 2 heterocycles. The Hall–Kier alpha value is -4.18. The van der Waals surface area contributed by atoms with E-state index in [4.69, 9.17) is 0 Å². The minimum absolute atomic E-state index is 0.655. The standard InChI is InChI=1S/C30H26N4/c1-19-15-20(2)17-26(16-19)28-8-6-5-7-27(28)23-9-11-24(12-10-23)29-14-13-25(18-31-29)30-33-21(3)32-22(4)34-30/h5-18H,1-4H3. The summed E-state index contributed by atoms with van der Waals surface area (Å²) in [6.07, 6.45) is 1.83. The monoisotopic (exact) mass is 442 g/mol. The molecule has 0 unspecified atom stereocenters. The molecule has 4 nitrogen and oxygen atoms in total. The number of rotatable bonds is 4. The van der Waals surface area contributed by atoms with Gasteiger partial charge in [-0.1, -0.05) is 77.9 Å². The normalized spacial score (nSPS) is 10.9. The minimum atomic E-state index is 0.655. The molecule has 2 aromatic heterocycles. The highest BCUT2D eigenvalue weighted by Gasteiger charge is 2.10. The van der Waals surface area contributed by atoms with Crippen molar-refractivity contribution in [2.45, 2.75) is 27.7 Å².